The van der Waals surface area contributed by atoms with Crippen molar-refractivity contribution in [3.8, 4) is 0 Å². The van der Waals surface area contributed by atoms with Crippen LogP contribution in [0.25, 0.3) is 0 Å². The first-order valence-corrected chi connectivity index (χ1v) is 5.62. The van der Waals surface area contributed by atoms with Crippen molar-refractivity contribution in [2.45, 2.75) is 13.3 Å². The second-order valence-electron chi connectivity index (χ2n) is 3.72. The lowest BCUT2D eigenvalue weighted by molar-refractivity contribution is 0.996. The molecule has 4 heteroatoms. The third kappa shape index (κ3) is 3.00. The molecule has 0 aliphatic heterocycles. The first-order chi connectivity index (χ1) is 7.74. The summed E-state index contributed by atoms with van der Waals surface area (Å²) in [6, 6.07) is 7.90. The minimum atomic E-state index is 0.776. The summed E-state index contributed by atoms with van der Waals surface area (Å²) < 4.78 is 0. The molecule has 0 unspecified atom stereocenters. The van der Waals surface area contributed by atoms with Gasteiger partial charge in [0.05, 0.1) is 0 Å². The van der Waals surface area contributed by atoms with Crippen LogP contribution in [0.2, 0.25) is 5.02 Å². The van der Waals surface area contributed by atoms with E-state index in [1.54, 1.807) is 0 Å². The molecule has 0 atom stereocenters. The highest BCUT2D eigenvalue weighted by Gasteiger charge is 1.96. The van der Waals surface area contributed by atoms with Crippen LogP contribution in [0, 0.1) is 6.92 Å². The van der Waals surface area contributed by atoms with E-state index < -0.39 is 0 Å². The monoisotopic (exact) mass is 235 g/mol. The zero-order valence-electron chi connectivity index (χ0n) is 9.13. The molecular formula is C12H14ClN3. The summed E-state index contributed by atoms with van der Waals surface area (Å²) >= 11 is 5.81. The number of H-pyrrole nitrogens is 1. The van der Waals surface area contributed by atoms with Crippen molar-refractivity contribution in [2.75, 3.05) is 11.9 Å². The van der Waals surface area contributed by atoms with Gasteiger partial charge in [-0.3, -0.25) is 0 Å². The number of aromatic nitrogens is 2. The molecule has 0 bridgehead atoms. The van der Waals surface area contributed by atoms with Crippen LogP contribution in [0.1, 0.15) is 11.3 Å². The quantitative estimate of drug-likeness (QED) is 0.855. The summed E-state index contributed by atoms with van der Waals surface area (Å²) in [5.41, 5.74) is 2.33. The Hall–Kier alpha value is -1.48. The average Bonchev–Trinajstić information content (AvgIpc) is 2.67. The van der Waals surface area contributed by atoms with Gasteiger partial charge in [0.25, 0.3) is 0 Å². The van der Waals surface area contributed by atoms with E-state index in [0.717, 1.165) is 29.6 Å². The van der Waals surface area contributed by atoms with E-state index in [2.05, 4.69) is 15.3 Å². The molecule has 1 heterocycles. The van der Waals surface area contributed by atoms with Crippen molar-refractivity contribution < 1.29 is 0 Å². The van der Waals surface area contributed by atoms with Crippen molar-refractivity contribution in [3.05, 3.63) is 46.7 Å². The minimum Gasteiger partial charge on any atom is -0.355 e. The topological polar surface area (TPSA) is 40.7 Å². The molecule has 84 valence electrons. The largest absolute Gasteiger partial charge is 0.355 e. The van der Waals surface area contributed by atoms with Crippen LogP contribution in [0.3, 0.4) is 0 Å². The van der Waals surface area contributed by atoms with Crippen LogP contribution in [-0.4, -0.2) is 16.5 Å². The molecule has 0 radical (unpaired) electrons. The number of anilines is 1. The zero-order chi connectivity index (χ0) is 11.4. The van der Waals surface area contributed by atoms with Crippen molar-refractivity contribution in [2.24, 2.45) is 0 Å². The summed E-state index contributed by atoms with van der Waals surface area (Å²) in [6.07, 6.45) is 2.77. The van der Waals surface area contributed by atoms with Gasteiger partial charge >= 0.3 is 0 Å². The Morgan fingerprint density at radius 2 is 2.06 bits per heavy atom. The third-order valence-electron chi connectivity index (χ3n) is 2.32. The fraction of sp³-hybridized carbons (Fsp3) is 0.250. The predicted molar refractivity (Wildman–Crippen MR) is 67.0 cm³/mol. The van der Waals surface area contributed by atoms with Gasteiger partial charge in [-0.15, -0.1) is 0 Å². The van der Waals surface area contributed by atoms with Gasteiger partial charge in [0, 0.05) is 23.5 Å². The van der Waals surface area contributed by atoms with Gasteiger partial charge in [-0.1, -0.05) is 23.7 Å². The molecule has 2 rings (SSSR count). The highest BCUT2D eigenvalue weighted by atomic mass is 35.5. The molecule has 0 saturated carbocycles. The van der Waals surface area contributed by atoms with Crippen molar-refractivity contribution in [1.29, 1.82) is 0 Å². The SMILES string of the molecule is Cc1cnc(NCCc2ccc(Cl)cc2)[nH]1. The molecule has 16 heavy (non-hydrogen) atoms. The van der Waals surface area contributed by atoms with Crippen LogP contribution in [0.15, 0.2) is 30.5 Å². The average molecular weight is 236 g/mol. The van der Waals surface area contributed by atoms with Gasteiger partial charge in [0.2, 0.25) is 0 Å². The normalized spacial score (nSPS) is 10.4. The van der Waals surface area contributed by atoms with E-state index in [1.165, 1.54) is 5.56 Å². The minimum absolute atomic E-state index is 0.776. The Morgan fingerprint density at radius 1 is 1.31 bits per heavy atom. The number of hydrogen-bond donors (Lipinski definition) is 2. The molecule has 0 amide bonds. The summed E-state index contributed by atoms with van der Waals surface area (Å²) in [7, 11) is 0. The van der Waals surface area contributed by atoms with Gasteiger partial charge in [-0.05, 0) is 31.0 Å². The number of benzene rings is 1. The summed E-state index contributed by atoms with van der Waals surface area (Å²) in [4.78, 5) is 7.30. The summed E-state index contributed by atoms with van der Waals surface area (Å²) in [5.74, 6) is 0.825. The molecule has 0 spiro atoms. The Labute approximate surface area is 99.9 Å². The summed E-state index contributed by atoms with van der Waals surface area (Å²) in [6.45, 7) is 2.84. The zero-order valence-corrected chi connectivity index (χ0v) is 9.88. The van der Waals surface area contributed by atoms with Crippen molar-refractivity contribution in [1.82, 2.24) is 9.97 Å². The van der Waals surface area contributed by atoms with Crippen LogP contribution in [0.5, 0.6) is 0 Å². The second kappa shape index (κ2) is 5.03. The predicted octanol–water partition coefficient (Wildman–Crippen LogP) is 3.03. The lowest BCUT2D eigenvalue weighted by Gasteiger charge is -2.03. The van der Waals surface area contributed by atoms with Crippen LogP contribution >= 0.6 is 11.6 Å². The molecule has 0 saturated heterocycles. The number of hydrogen-bond acceptors (Lipinski definition) is 2. The van der Waals surface area contributed by atoms with Gasteiger partial charge in [-0.25, -0.2) is 4.98 Å². The van der Waals surface area contributed by atoms with Crippen LogP contribution in [-0.2, 0) is 6.42 Å². The van der Waals surface area contributed by atoms with Gasteiger partial charge in [0.15, 0.2) is 5.95 Å². The van der Waals surface area contributed by atoms with Crippen LogP contribution in [0.4, 0.5) is 5.95 Å². The highest BCUT2D eigenvalue weighted by molar-refractivity contribution is 6.30. The lowest BCUT2D eigenvalue weighted by atomic mass is 10.1. The van der Waals surface area contributed by atoms with E-state index in [4.69, 9.17) is 11.6 Å². The van der Waals surface area contributed by atoms with Crippen molar-refractivity contribution >= 4 is 17.5 Å². The van der Waals surface area contributed by atoms with E-state index in [0.29, 0.717) is 0 Å². The molecule has 2 N–H and O–H groups in total. The smallest absolute Gasteiger partial charge is 0.200 e. The second-order valence-corrected chi connectivity index (χ2v) is 4.15. The molecule has 0 aliphatic rings. The molecule has 0 aliphatic carbocycles. The molecule has 1 aromatic heterocycles. The Bertz CT molecular complexity index is 448. The number of aromatic amines is 1. The van der Waals surface area contributed by atoms with Crippen LogP contribution < -0.4 is 5.32 Å². The molecule has 2 aromatic rings. The standard InChI is InChI=1S/C12H14ClN3/c1-9-8-15-12(16-9)14-7-6-10-2-4-11(13)5-3-10/h2-5,8H,6-7H2,1H3,(H2,14,15,16). The van der Waals surface area contributed by atoms with E-state index in [9.17, 15) is 0 Å². The Kier molecular flexibility index (Phi) is 3.47. The number of aryl methyl sites for hydroxylation is 1. The number of imidazole rings is 1. The van der Waals surface area contributed by atoms with Gasteiger partial charge in [-0.2, -0.15) is 0 Å². The molecular weight excluding hydrogens is 222 g/mol. The Morgan fingerprint density at radius 3 is 2.69 bits per heavy atom. The third-order valence-corrected chi connectivity index (χ3v) is 2.57. The maximum Gasteiger partial charge on any atom is 0.200 e. The number of nitrogens with zero attached hydrogens (tertiary/aromatic N) is 1. The summed E-state index contributed by atoms with van der Waals surface area (Å²) in [5, 5.41) is 4.01. The number of halogens is 1. The lowest BCUT2D eigenvalue weighted by Crippen LogP contribution is -2.05. The number of rotatable bonds is 4. The van der Waals surface area contributed by atoms with E-state index in [-0.39, 0.29) is 0 Å². The fourth-order valence-corrected chi connectivity index (χ4v) is 1.60. The number of nitrogens with one attached hydrogen (secondary N) is 2. The Balaban J connectivity index is 1.82. The highest BCUT2D eigenvalue weighted by Crippen LogP contribution is 2.10. The van der Waals surface area contributed by atoms with E-state index >= 15 is 0 Å². The molecule has 1 aromatic carbocycles. The van der Waals surface area contributed by atoms with Gasteiger partial charge in [0.1, 0.15) is 0 Å². The molecule has 3 nitrogen and oxygen atoms in total. The molecule has 0 fully saturated rings. The first-order valence-electron chi connectivity index (χ1n) is 5.24. The maximum absolute atomic E-state index is 5.81. The van der Waals surface area contributed by atoms with Crippen molar-refractivity contribution in [3.63, 3.8) is 0 Å². The fourth-order valence-electron chi connectivity index (χ4n) is 1.48. The van der Waals surface area contributed by atoms with Gasteiger partial charge < -0.3 is 10.3 Å². The maximum atomic E-state index is 5.81. The van der Waals surface area contributed by atoms with E-state index in [1.807, 2.05) is 37.4 Å². The first kappa shape index (κ1) is 11.0.